The lowest BCUT2D eigenvalue weighted by Gasteiger charge is -2.13. The van der Waals surface area contributed by atoms with Gasteiger partial charge in [0, 0.05) is 6.20 Å². The van der Waals surface area contributed by atoms with Crippen LogP contribution in [0.1, 0.15) is 12.6 Å². The van der Waals surface area contributed by atoms with E-state index in [0.717, 1.165) is 0 Å². The van der Waals surface area contributed by atoms with Crippen LogP contribution in [-0.2, 0) is 5.60 Å². The Hall–Kier alpha value is -1.40. The lowest BCUT2D eigenvalue weighted by molar-refractivity contribution is 0.117. The molecule has 1 N–H and O–H groups in total. The number of hydrogen-bond acceptors (Lipinski definition) is 3. The summed E-state index contributed by atoms with van der Waals surface area (Å²) in [4.78, 5) is 7.52. The predicted molar refractivity (Wildman–Crippen MR) is 40.4 cm³/mol. The minimum absolute atomic E-state index is 0.440. The number of hydrogen-bond donors (Lipinski definition) is 1. The minimum atomic E-state index is -1.29. The van der Waals surface area contributed by atoms with Crippen LogP contribution in [0.15, 0.2) is 18.6 Å². The Labute approximate surface area is 65.1 Å². The largest absolute Gasteiger partial charge is 0.372 e. The van der Waals surface area contributed by atoms with Gasteiger partial charge in [0.05, 0.1) is 5.69 Å². The highest BCUT2D eigenvalue weighted by molar-refractivity contribution is 5.20. The molecule has 0 bridgehead atoms. The monoisotopic (exact) mass is 148 g/mol. The summed E-state index contributed by atoms with van der Waals surface area (Å²) >= 11 is 0. The zero-order chi connectivity index (χ0) is 8.32. The van der Waals surface area contributed by atoms with Crippen LogP contribution in [0.3, 0.4) is 0 Å². The van der Waals surface area contributed by atoms with Crippen molar-refractivity contribution in [2.24, 2.45) is 0 Å². The second kappa shape index (κ2) is 2.69. The van der Waals surface area contributed by atoms with E-state index in [1.54, 1.807) is 6.07 Å². The summed E-state index contributed by atoms with van der Waals surface area (Å²) in [6.07, 6.45) is 7.96. The fourth-order valence-corrected chi connectivity index (χ4v) is 0.653. The number of nitrogens with zero attached hydrogens (tertiary/aromatic N) is 2. The van der Waals surface area contributed by atoms with Crippen molar-refractivity contribution < 1.29 is 5.11 Å². The molecule has 3 heteroatoms. The van der Waals surface area contributed by atoms with E-state index in [4.69, 9.17) is 6.42 Å². The summed E-state index contributed by atoms with van der Waals surface area (Å²) in [5.41, 5.74) is -0.849. The van der Waals surface area contributed by atoms with E-state index >= 15 is 0 Å². The lowest BCUT2D eigenvalue weighted by atomic mass is 10.0. The van der Waals surface area contributed by atoms with E-state index in [2.05, 4.69) is 15.9 Å². The maximum atomic E-state index is 9.47. The quantitative estimate of drug-likeness (QED) is 0.583. The fraction of sp³-hybridized carbons (Fsp3) is 0.250. The second-order valence-corrected chi connectivity index (χ2v) is 2.31. The average molecular weight is 148 g/mol. The highest BCUT2D eigenvalue weighted by Crippen LogP contribution is 2.14. The van der Waals surface area contributed by atoms with Crippen LogP contribution in [0, 0.1) is 12.3 Å². The van der Waals surface area contributed by atoms with E-state index in [1.807, 2.05) is 0 Å². The molecule has 0 aliphatic rings. The zero-order valence-electron chi connectivity index (χ0n) is 6.15. The van der Waals surface area contributed by atoms with E-state index in [1.165, 1.54) is 19.4 Å². The Balaban J connectivity index is 3.05. The third-order valence-corrected chi connectivity index (χ3v) is 1.36. The molecule has 0 aromatic carbocycles. The summed E-state index contributed by atoms with van der Waals surface area (Å²) in [5, 5.41) is 9.47. The molecule has 0 spiro atoms. The molecule has 1 atom stereocenters. The molecule has 0 saturated heterocycles. The van der Waals surface area contributed by atoms with E-state index in [9.17, 15) is 5.11 Å². The number of aliphatic hydroxyl groups is 1. The smallest absolute Gasteiger partial charge is 0.164 e. The number of terminal acetylenes is 1. The summed E-state index contributed by atoms with van der Waals surface area (Å²) in [7, 11) is 0. The van der Waals surface area contributed by atoms with Crippen molar-refractivity contribution in [1.29, 1.82) is 0 Å². The van der Waals surface area contributed by atoms with Gasteiger partial charge < -0.3 is 5.11 Å². The van der Waals surface area contributed by atoms with Gasteiger partial charge in [-0.2, -0.15) is 0 Å². The predicted octanol–water partition coefficient (Wildman–Crippen LogP) is 0.317. The second-order valence-electron chi connectivity index (χ2n) is 2.31. The molecule has 0 fully saturated rings. The van der Waals surface area contributed by atoms with Gasteiger partial charge in [-0.3, -0.25) is 0 Å². The Bertz CT molecular complexity index is 274. The molecule has 1 aromatic rings. The highest BCUT2D eigenvalue weighted by Gasteiger charge is 2.20. The Morgan fingerprint density at radius 1 is 1.73 bits per heavy atom. The molecule has 3 nitrogen and oxygen atoms in total. The molecule has 0 amide bonds. The van der Waals surface area contributed by atoms with Gasteiger partial charge in [0.2, 0.25) is 0 Å². The van der Waals surface area contributed by atoms with Gasteiger partial charge in [0.1, 0.15) is 6.33 Å². The van der Waals surface area contributed by atoms with E-state index < -0.39 is 5.60 Å². The third-order valence-electron chi connectivity index (χ3n) is 1.36. The van der Waals surface area contributed by atoms with Crippen molar-refractivity contribution in [3.8, 4) is 12.3 Å². The molecule has 56 valence electrons. The van der Waals surface area contributed by atoms with Gasteiger partial charge in [-0.05, 0) is 13.0 Å². The number of aromatic nitrogens is 2. The maximum absolute atomic E-state index is 9.47. The lowest BCUT2D eigenvalue weighted by Crippen LogP contribution is -2.19. The van der Waals surface area contributed by atoms with Crippen LogP contribution in [0.5, 0.6) is 0 Å². The van der Waals surface area contributed by atoms with Gasteiger partial charge in [-0.25, -0.2) is 9.97 Å². The fourth-order valence-electron chi connectivity index (χ4n) is 0.653. The van der Waals surface area contributed by atoms with Crippen molar-refractivity contribution in [3.05, 3.63) is 24.3 Å². The van der Waals surface area contributed by atoms with Gasteiger partial charge in [-0.1, -0.05) is 5.92 Å². The van der Waals surface area contributed by atoms with Gasteiger partial charge in [0.25, 0.3) is 0 Å². The molecule has 1 rings (SSSR count). The Morgan fingerprint density at radius 2 is 2.45 bits per heavy atom. The summed E-state index contributed by atoms with van der Waals surface area (Å²) in [6, 6.07) is 1.58. The van der Waals surface area contributed by atoms with Crippen LogP contribution in [0.4, 0.5) is 0 Å². The molecule has 0 aliphatic carbocycles. The normalized spacial score (nSPS) is 15.0. The summed E-state index contributed by atoms with van der Waals surface area (Å²) in [5.74, 6) is 2.22. The standard InChI is InChI=1S/C8H8N2O/c1-3-8(2,11)7-4-5-9-6-10-7/h1,4-6,11H,2H3/t8-/m0/s1. The topological polar surface area (TPSA) is 46.0 Å². The molecule has 1 aromatic heterocycles. The summed E-state index contributed by atoms with van der Waals surface area (Å²) < 4.78 is 0. The van der Waals surface area contributed by atoms with Crippen molar-refractivity contribution in [2.45, 2.75) is 12.5 Å². The molecular weight excluding hydrogens is 140 g/mol. The molecule has 0 saturated carbocycles. The van der Waals surface area contributed by atoms with Crippen LogP contribution < -0.4 is 0 Å². The van der Waals surface area contributed by atoms with Gasteiger partial charge in [-0.15, -0.1) is 6.42 Å². The molecule has 0 unspecified atom stereocenters. The van der Waals surface area contributed by atoms with E-state index in [0.29, 0.717) is 5.69 Å². The first-order valence-corrected chi connectivity index (χ1v) is 3.13. The minimum Gasteiger partial charge on any atom is -0.372 e. The van der Waals surface area contributed by atoms with E-state index in [-0.39, 0.29) is 0 Å². The van der Waals surface area contributed by atoms with Crippen molar-refractivity contribution in [1.82, 2.24) is 9.97 Å². The van der Waals surface area contributed by atoms with Crippen LogP contribution in [0.25, 0.3) is 0 Å². The van der Waals surface area contributed by atoms with Crippen molar-refractivity contribution in [3.63, 3.8) is 0 Å². The van der Waals surface area contributed by atoms with Crippen LogP contribution >= 0.6 is 0 Å². The first kappa shape index (κ1) is 7.70. The molecular formula is C8H8N2O. The zero-order valence-corrected chi connectivity index (χ0v) is 6.15. The Morgan fingerprint density at radius 3 is 2.91 bits per heavy atom. The van der Waals surface area contributed by atoms with Crippen molar-refractivity contribution >= 4 is 0 Å². The van der Waals surface area contributed by atoms with Gasteiger partial charge >= 0.3 is 0 Å². The third kappa shape index (κ3) is 1.54. The first-order chi connectivity index (χ1) is 5.17. The van der Waals surface area contributed by atoms with Crippen LogP contribution in [-0.4, -0.2) is 15.1 Å². The molecule has 0 aliphatic heterocycles. The van der Waals surface area contributed by atoms with Gasteiger partial charge in [0.15, 0.2) is 5.60 Å². The number of rotatable bonds is 1. The molecule has 11 heavy (non-hydrogen) atoms. The summed E-state index contributed by atoms with van der Waals surface area (Å²) in [6.45, 7) is 1.51. The highest BCUT2D eigenvalue weighted by atomic mass is 16.3. The molecule has 0 radical (unpaired) electrons. The molecule has 1 heterocycles. The average Bonchev–Trinajstić information content (AvgIpc) is 2.06. The maximum Gasteiger partial charge on any atom is 0.164 e. The first-order valence-electron chi connectivity index (χ1n) is 3.13. The van der Waals surface area contributed by atoms with Crippen LogP contribution in [0.2, 0.25) is 0 Å². The Kier molecular flexibility index (Phi) is 1.88. The van der Waals surface area contributed by atoms with Crippen molar-refractivity contribution in [2.75, 3.05) is 0 Å². The SMILES string of the molecule is C#C[C@](C)(O)c1ccncn1.